The SMILES string of the molecule is Cc1ccc(C2=NC(C(F)(F)F)=C(O)N(c3ccc(S(N)(=O)=O)cc3)C2)cc1. The molecule has 3 N–H and O–H groups in total. The molecule has 0 saturated heterocycles. The topological polar surface area (TPSA) is 96.0 Å². The van der Waals surface area contributed by atoms with Crippen LogP contribution in [0.5, 0.6) is 0 Å². The lowest BCUT2D eigenvalue weighted by Gasteiger charge is -2.30. The summed E-state index contributed by atoms with van der Waals surface area (Å²) in [4.78, 5) is 4.45. The van der Waals surface area contributed by atoms with Gasteiger partial charge in [-0.25, -0.2) is 18.5 Å². The number of aliphatic hydroxyl groups excluding tert-OH is 1. The highest BCUT2D eigenvalue weighted by Gasteiger charge is 2.41. The van der Waals surface area contributed by atoms with Gasteiger partial charge in [0.25, 0.3) is 0 Å². The Labute approximate surface area is 159 Å². The fourth-order valence-corrected chi connectivity index (χ4v) is 3.21. The Morgan fingerprint density at radius 3 is 2.14 bits per heavy atom. The Hall–Kier alpha value is -2.85. The van der Waals surface area contributed by atoms with Crippen LogP contribution in [0, 0.1) is 6.92 Å². The lowest BCUT2D eigenvalue weighted by Crippen LogP contribution is -2.36. The molecule has 0 aliphatic carbocycles. The second-order valence-corrected chi connectivity index (χ2v) is 7.78. The van der Waals surface area contributed by atoms with Crippen LogP contribution in [-0.4, -0.2) is 32.0 Å². The number of nitrogens with zero attached hydrogens (tertiary/aromatic N) is 2. The van der Waals surface area contributed by atoms with Crippen molar-refractivity contribution >= 4 is 21.4 Å². The average Bonchev–Trinajstić information content (AvgIpc) is 2.61. The molecule has 0 fully saturated rings. The van der Waals surface area contributed by atoms with Gasteiger partial charge in [-0.3, -0.25) is 0 Å². The summed E-state index contributed by atoms with van der Waals surface area (Å²) in [5.41, 5.74) is 0.257. The van der Waals surface area contributed by atoms with Crippen LogP contribution in [0.3, 0.4) is 0 Å². The highest BCUT2D eigenvalue weighted by atomic mass is 32.2. The van der Waals surface area contributed by atoms with Crippen LogP contribution in [0.2, 0.25) is 0 Å². The third kappa shape index (κ3) is 4.02. The van der Waals surface area contributed by atoms with Gasteiger partial charge in [-0.15, -0.1) is 0 Å². The van der Waals surface area contributed by atoms with E-state index >= 15 is 0 Å². The van der Waals surface area contributed by atoms with Crippen molar-refractivity contribution < 1.29 is 26.7 Å². The Kier molecular flexibility index (Phi) is 4.94. The zero-order valence-corrected chi connectivity index (χ0v) is 15.4. The van der Waals surface area contributed by atoms with Crippen LogP contribution in [0.25, 0.3) is 0 Å². The number of halogens is 3. The maximum atomic E-state index is 13.4. The van der Waals surface area contributed by atoms with Gasteiger partial charge in [0.05, 0.1) is 17.2 Å². The van der Waals surface area contributed by atoms with E-state index in [4.69, 9.17) is 5.14 Å². The fraction of sp³-hybridized carbons (Fsp3) is 0.167. The summed E-state index contributed by atoms with van der Waals surface area (Å²) in [6.07, 6.45) is -4.88. The monoisotopic (exact) mass is 411 g/mol. The number of alkyl halides is 3. The lowest BCUT2D eigenvalue weighted by atomic mass is 10.1. The maximum Gasteiger partial charge on any atom is 0.438 e. The number of hydrogen-bond acceptors (Lipinski definition) is 5. The standard InChI is InChI=1S/C18H16F3N3O3S/c1-11-2-4-12(5-3-11)15-10-24(17(25)16(23-15)18(19,20)21)13-6-8-14(9-7-13)28(22,26)27/h2-9,25H,10H2,1H3,(H2,22,26,27). The molecular formula is C18H16F3N3O3S. The second-order valence-electron chi connectivity index (χ2n) is 6.22. The third-order valence-electron chi connectivity index (χ3n) is 4.15. The molecule has 0 amide bonds. The van der Waals surface area contributed by atoms with Crippen LogP contribution in [0.4, 0.5) is 18.9 Å². The Morgan fingerprint density at radius 1 is 1.07 bits per heavy atom. The van der Waals surface area contributed by atoms with E-state index in [1.807, 2.05) is 6.92 Å². The van der Waals surface area contributed by atoms with Crippen molar-refractivity contribution in [2.45, 2.75) is 18.0 Å². The van der Waals surface area contributed by atoms with Gasteiger partial charge in [-0.2, -0.15) is 13.2 Å². The number of anilines is 1. The molecule has 0 bridgehead atoms. The zero-order chi connectivity index (χ0) is 20.7. The summed E-state index contributed by atoms with van der Waals surface area (Å²) in [6.45, 7) is 1.71. The van der Waals surface area contributed by atoms with E-state index in [-0.39, 0.29) is 22.8 Å². The fourth-order valence-electron chi connectivity index (χ4n) is 2.69. The van der Waals surface area contributed by atoms with E-state index < -0.39 is 27.8 Å². The maximum absolute atomic E-state index is 13.4. The molecule has 2 aromatic rings. The number of hydrogen-bond donors (Lipinski definition) is 2. The molecule has 1 aliphatic heterocycles. The molecule has 1 aliphatic rings. The van der Waals surface area contributed by atoms with Crippen molar-refractivity contribution in [3.05, 3.63) is 71.2 Å². The van der Waals surface area contributed by atoms with Gasteiger partial charge in [0.2, 0.25) is 21.6 Å². The molecule has 0 spiro atoms. The molecule has 0 saturated carbocycles. The van der Waals surface area contributed by atoms with Crippen molar-refractivity contribution in [1.82, 2.24) is 0 Å². The number of aliphatic hydroxyl groups is 1. The summed E-state index contributed by atoms with van der Waals surface area (Å²) in [5.74, 6) is -1.06. The summed E-state index contributed by atoms with van der Waals surface area (Å²) in [6, 6.07) is 11.6. The number of sulfonamides is 1. The number of aryl methyl sites for hydroxylation is 1. The van der Waals surface area contributed by atoms with Gasteiger partial charge >= 0.3 is 6.18 Å². The van der Waals surface area contributed by atoms with Crippen LogP contribution in [0.15, 0.2) is 70.0 Å². The van der Waals surface area contributed by atoms with E-state index in [1.54, 1.807) is 24.3 Å². The first kappa shape index (κ1) is 19.9. The molecule has 148 valence electrons. The highest BCUT2D eigenvalue weighted by molar-refractivity contribution is 7.89. The van der Waals surface area contributed by atoms with Gasteiger partial charge in [0.15, 0.2) is 0 Å². The average molecular weight is 411 g/mol. The Balaban J connectivity index is 2.07. The molecule has 6 nitrogen and oxygen atoms in total. The first-order valence-corrected chi connectivity index (χ1v) is 9.57. The molecule has 2 aromatic carbocycles. The van der Waals surface area contributed by atoms with Crippen LogP contribution >= 0.6 is 0 Å². The molecule has 3 rings (SSSR count). The molecule has 0 unspecified atom stereocenters. The number of primary sulfonamides is 1. The van der Waals surface area contributed by atoms with Crippen LogP contribution in [0.1, 0.15) is 11.1 Å². The number of allylic oxidation sites excluding steroid dienone is 1. The van der Waals surface area contributed by atoms with E-state index in [1.165, 1.54) is 12.1 Å². The molecule has 0 radical (unpaired) electrons. The van der Waals surface area contributed by atoms with Crippen molar-refractivity contribution in [2.75, 3.05) is 11.4 Å². The van der Waals surface area contributed by atoms with E-state index in [2.05, 4.69) is 4.99 Å². The minimum Gasteiger partial charge on any atom is -0.493 e. The molecule has 1 heterocycles. The zero-order valence-electron chi connectivity index (χ0n) is 14.6. The smallest absolute Gasteiger partial charge is 0.438 e. The van der Waals surface area contributed by atoms with E-state index in [0.717, 1.165) is 22.6 Å². The first-order chi connectivity index (χ1) is 13.0. The molecule has 28 heavy (non-hydrogen) atoms. The van der Waals surface area contributed by atoms with Gasteiger partial charge < -0.3 is 10.0 Å². The Bertz CT molecular complexity index is 1060. The second kappa shape index (κ2) is 6.95. The molecule has 0 atom stereocenters. The molecule has 0 aromatic heterocycles. The minimum atomic E-state index is -4.88. The molecule has 10 heteroatoms. The van der Waals surface area contributed by atoms with Crippen molar-refractivity contribution in [3.63, 3.8) is 0 Å². The number of rotatable bonds is 3. The predicted octanol–water partition coefficient (Wildman–Crippen LogP) is 3.24. The molecular weight excluding hydrogens is 395 g/mol. The van der Waals surface area contributed by atoms with Crippen molar-refractivity contribution in [1.29, 1.82) is 0 Å². The largest absolute Gasteiger partial charge is 0.493 e. The number of aliphatic imine (C=N–C) groups is 1. The number of nitrogens with two attached hydrogens (primary N) is 1. The van der Waals surface area contributed by atoms with Gasteiger partial charge in [-0.1, -0.05) is 29.8 Å². The van der Waals surface area contributed by atoms with Gasteiger partial charge in [0, 0.05) is 5.69 Å². The van der Waals surface area contributed by atoms with Gasteiger partial charge in [0.1, 0.15) is 0 Å². The van der Waals surface area contributed by atoms with E-state index in [9.17, 15) is 26.7 Å². The first-order valence-electron chi connectivity index (χ1n) is 8.02. The van der Waals surface area contributed by atoms with E-state index in [0.29, 0.717) is 5.56 Å². The summed E-state index contributed by atoms with van der Waals surface area (Å²) < 4.78 is 63.0. The van der Waals surface area contributed by atoms with Gasteiger partial charge in [-0.05, 0) is 36.8 Å². The summed E-state index contributed by atoms with van der Waals surface area (Å²) in [5, 5.41) is 15.2. The number of benzene rings is 2. The summed E-state index contributed by atoms with van der Waals surface area (Å²) >= 11 is 0. The third-order valence-corrected chi connectivity index (χ3v) is 5.08. The minimum absolute atomic E-state index is 0.112. The normalized spacial score (nSPS) is 15.6. The highest BCUT2D eigenvalue weighted by Crippen LogP contribution is 2.35. The lowest BCUT2D eigenvalue weighted by molar-refractivity contribution is -0.0955. The van der Waals surface area contributed by atoms with Crippen LogP contribution < -0.4 is 10.0 Å². The summed E-state index contributed by atoms with van der Waals surface area (Å²) in [7, 11) is -3.95. The van der Waals surface area contributed by atoms with Crippen LogP contribution in [-0.2, 0) is 10.0 Å². The predicted molar refractivity (Wildman–Crippen MR) is 98.6 cm³/mol. The van der Waals surface area contributed by atoms with Crippen molar-refractivity contribution in [3.8, 4) is 0 Å². The quantitative estimate of drug-likeness (QED) is 0.811. The van der Waals surface area contributed by atoms with Crippen molar-refractivity contribution in [2.24, 2.45) is 10.1 Å². The Morgan fingerprint density at radius 2 is 1.64 bits per heavy atom.